The summed E-state index contributed by atoms with van der Waals surface area (Å²) in [6, 6.07) is 42.9. The Bertz CT molecular complexity index is 3490. The van der Waals surface area contributed by atoms with Gasteiger partial charge in [0.2, 0.25) is 5.13 Å². The van der Waals surface area contributed by atoms with Crippen molar-refractivity contribution in [2.75, 3.05) is 51.7 Å². The van der Waals surface area contributed by atoms with E-state index in [0.717, 1.165) is 123 Å². The third-order valence-electron chi connectivity index (χ3n) is 14.1. The summed E-state index contributed by atoms with van der Waals surface area (Å²) >= 11 is 1.60. The number of thiazole rings is 1. The molecule has 0 amide bonds. The normalized spacial score (nSPS) is 12.9. The second kappa shape index (κ2) is 30.3. The average molecular weight is 1140 g/mol. The number of carbonyl (C=O) groups excluding carboxylic acids is 3. The number of esters is 3. The van der Waals surface area contributed by atoms with Crippen LogP contribution in [0.15, 0.2) is 151 Å². The minimum Gasteiger partial charge on any atom is -0.494 e. The maximum Gasteiger partial charge on any atom is 0.343 e. The molecule has 9 rings (SSSR count). The lowest BCUT2D eigenvalue weighted by molar-refractivity contribution is -0.139. The SMILES string of the molecule is C=C(C)C(=O)OCCCCCCOc1ccc(CCC(=O)Oc2c(/C=N/N(CCCCCC)c3nc4ccccc4s3)cc(CCc3ccc(OC(=O)c4ccc5cc(OCCCOC6CO6)ccc5c4)c(OC)c3)c3ccccc23)cc1. The second-order valence-corrected chi connectivity index (χ2v) is 21.6. The number of hydrogen-bond donors (Lipinski definition) is 0. The monoisotopic (exact) mass is 1140 g/mol. The van der Waals surface area contributed by atoms with Gasteiger partial charge < -0.3 is 37.9 Å². The summed E-state index contributed by atoms with van der Waals surface area (Å²) in [4.78, 5) is 44.2. The van der Waals surface area contributed by atoms with Crippen LogP contribution < -0.4 is 28.7 Å². The number of para-hydroxylation sites is 1. The van der Waals surface area contributed by atoms with Gasteiger partial charge in [-0.25, -0.2) is 19.6 Å². The molecule has 8 aromatic rings. The van der Waals surface area contributed by atoms with E-state index in [4.69, 9.17) is 48.0 Å². The van der Waals surface area contributed by atoms with Crippen LogP contribution in [-0.4, -0.2) is 82.1 Å². The number of benzene rings is 7. The van der Waals surface area contributed by atoms with Gasteiger partial charge in [-0.3, -0.25) is 4.79 Å². The second-order valence-electron chi connectivity index (χ2n) is 20.6. The van der Waals surface area contributed by atoms with Crippen LogP contribution in [0.5, 0.6) is 28.7 Å². The molecule has 1 atom stereocenters. The molecule has 0 saturated carbocycles. The van der Waals surface area contributed by atoms with E-state index in [0.29, 0.717) is 92.8 Å². The van der Waals surface area contributed by atoms with Crippen molar-refractivity contribution in [3.8, 4) is 28.7 Å². The van der Waals surface area contributed by atoms with Crippen LogP contribution in [-0.2, 0) is 43.1 Å². The zero-order chi connectivity index (χ0) is 57.8. The smallest absolute Gasteiger partial charge is 0.343 e. The summed E-state index contributed by atoms with van der Waals surface area (Å²) in [7, 11) is 1.56. The Morgan fingerprint density at radius 2 is 1.43 bits per heavy atom. The summed E-state index contributed by atoms with van der Waals surface area (Å²) in [5.41, 5.74) is 5.41. The zero-order valence-electron chi connectivity index (χ0n) is 47.7. The molecule has 0 N–H and O–H groups in total. The van der Waals surface area contributed by atoms with Gasteiger partial charge in [0.05, 0.1) is 55.5 Å². The van der Waals surface area contributed by atoms with Crippen molar-refractivity contribution in [3.63, 3.8) is 0 Å². The first-order valence-corrected chi connectivity index (χ1v) is 29.7. The molecule has 1 aromatic heterocycles. The first kappa shape index (κ1) is 59.5. The van der Waals surface area contributed by atoms with E-state index < -0.39 is 5.97 Å². The molecule has 0 bridgehead atoms. The molecule has 14 nitrogen and oxygen atoms in total. The van der Waals surface area contributed by atoms with Gasteiger partial charge in [-0.2, -0.15) is 5.10 Å². The molecule has 83 heavy (non-hydrogen) atoms. The van der Waals surface area contributed by atoms with Crippen LogP contribution in [0, 0.1) is 0 Å². The average Bonchev–Trinajstić information content (AvgIpc) is 4.38. The van der Waals surface area contributed by atoms with E-state index in [1.807, 2.05) is 114 Å². The van der Waals surface area contributed by atoms with Crippen molar-refractivity contribution >= 4 is 72.4 Å². The van der Waals surface area contributed by atoms with Crippen molar-refractivity contribution in [3.05, 3.63) is 173 Å². The third kappa shape index (κ3) is 17.5. The summed E-state index contributed by atoms with van der Waals surface area (Å²) in [5.74, 6) is 1.49. The highest BCUT2D eigenvalue weighted by atomic mass is 32.1. The highest BCUT2D eigenvalue weighted by Gasteiger charge is 2.23. The first-order valence-electron chi connectivity index (χ1n) is 28.9. The van der Waals surface area contributed by atoms with Crippen molar-refractivity contribution in [1.82, 2.24) is 4.98 Å². The maximum absolute atomic E-state index is 14.0. The Kier molecular flexibility index (Phi) is 21.7. The predicted octanol–water partition coefficient (Wildman–Crippen LogP) is 14.8. The lowest BCUT2D eigenvalue weighted by atomic mass is 9.95. The predicted molar refractivity (Wildman–Crippen MR) is 328 cm³/mol. The van der Waals surface area contributed by atoms with Crippen LogP contribution in [0.3, 0.4) is 0 Å². The highest BCUT2D eigenvalue weighted by Crippen LogP contribution is 2.36. The van der Waals surface area contributed by atoms with Gasteiger partial charge >= 0.3 is 17.9 Å². The number of methoxy groups -OCH3 is 1. The fraction of sp³-hybridized carbons (Fsp3) is 0.338. The number of epoxide rings is 1. The molecular weight excluding hydrogens is 1070 g/mol. The fourth-order valence-corrected chi connectivity index (χ4v) is 10.4. The van der Waals surface area contributed by atoms with E-state index in [1.54, 1.807) is 37.5 Å². The Morgan fingerprint density at radius 3 is 2.23 bits per heavy atom. The Balaban J connectivity index is 0.883. The van der Waals surface area contributed by atoms with Crippen molar-refractivity contribution < 1.29 is 52.3 Å². The van der Waals surface area contributed by atoms with Crippen molar-refractivity contribution in [1.29, 1.82) is 0 Å². The first-order chi connectivity index (χ1) is 40.6. The molecule has 0 radical (unpaired) electrons. The molecule has 1 aliphatic heterocycles. The number of anilines is 1. The van der Waals surface area contributed by atoms with E-state index in [1.165, 1.54) is 0 Å². The molecule has 1 unspecified atom stereocenters. The van der Waals surface area contributed by atoms with Gasteiger partial charge in [-0.15, -0.1) is 0 Å². The topological polar surface area (TPSA) is 157 Å². The Hall–Kier alpha value is -8.11. The zero-order valence-corrected chi connectivity index (χ0v) is 48.6. The minimum atomic E-state index is -0.500. The lowest BCUT2D eigenvalue weighted by Crippen LogP contribution is -2.18. The minimum absolute atomic E-state index is 0.0615. The molecule has 432 valence electrons. The quantitative estimate of drug-likeness (QED) is 0.00729. The standard InChI is InChI=1S/C68H73N3O11S/c1-5-6-7-14-36-71(68-70-59-20-12-13-21-62(59)83-68)69-45-54-43-52(57-18-10-11-19-58(57)65(54)82-63(72)35-26-48-23-31-55(32-24-48)76-37-15-8-9-16-38-79-66(73)47(2)3)27-22-49-25-34-60(61(41-49)75-4)81-67(74)53-29-28-51-44-56(33-30-50(51)42-53)77-39-17-40-78-64-46-80-64/h10-13,18-21,23-25,28-34,41-45,64H,2,5-9,14-17,22,26-27,35-40,46H2,1,3-4H3/b69-45+. The number of hydrazone groups is 1. The molecule has 1 aliphatic rings. The van der Waals surface area contributed by atoms with Gasteiger partial charge in [-0.05, 0) is 158 Å². The molecule has 15 heteroatoms. The third-order valence-corrected chi connectivity index (χ3v) is 15.2. The number of unbranched alkanes of at least 4 members (excludes halogenated alkanes) is 6. The number of nitrogens with zero attached hydrogens (tertiary/aromatic N) is 3. The lowest BCUT2D eigenvalue weighted by Gasteiger charge is -2.18. The maximum atomic E-state index is 14.0. The molecule has 7 aromatic carbocycles. The Morgan fingerprint density at radius 1 is 0.711 bits per heavy atom. The van der Waals surface area contributed by atoms with E-state index in [9.17, 15) is 14.4 Å². The van der Waals surface area contributed by atoms with Gasteiger partial charge in [0, 0.05) is 35.9 Å². The van der Waals surface area contributed by atoms with Crippen LogP contribution >= 0.6 is 11.3 Å². The molecule has 0 spiro atoms. The largest absolute Gasteiger partial charge is 0.494 e. The van der Waals surface area contributed by atoms with Crippen LogP contribution in [0.1, 0.15) is 111 Å². The number of aryl methyl sites for hydroxylation is 3. The summed E-state index contributed by atoms with van der Waals surface area (Å²) in [5, 5.41) is 11.5. The van der Waals surface area contributed by atoms with E-state index >= 15 is 0 Å². The van der Waals surface area contributed by atoms with Gasteiger partial charge in [-0.1, -0.05) is 111 Å². The van der Waals surface area contributed by atoms with Crippen LogP contribution in [0.4, 0.5) is 5.13 Å². The number of fused-ring (bicyclic) bond motifs is 3. The summed E-state index contributed by atoms with van der Waals surface area (Å²) in [6.45, 7) is 10.9. The number of hydrogen-bond acceptors (Lipinski definition) is 15. The van der Waals surface area contributed by atoms with Crippen LogP contribution in [0.25, 0.3) is 31.8 Å². The van der Waals surface area contributed by atoms with Gasteiger partial charge in [0.15, 0.2) is 17.8 Å². The van der Waals surface area contributed by atoms with E-state index in [2.05, 4.69) is 31.7 Å². The molecule has 0 aliphatic carbocycles. The van der Waals surface area contributed by atoms with Crippen molar-refractivity contribution in [2.45, 2.75) is 104 Å². The van der Waals surface area contributed by atoms with E-state index in [-0.39, 0.29) is 24.6 Å². The van der Waals surface area contributed by atoms with Crippen LogP contribution in [0.2, 0.25) is 0 Å². The highest BCUT2D eigenvalue weighted by molar-refractivity contribution is 7.22. The number of ether oxygens (including phenoxy) is 8. The number of aromatic nitrogens is 1. The Labute approximate surface area is 489 Å². The number of rotatable bonds is 33. The summed E-state index contributed by atoms with van der Waals surface area (Å²) < 4.78 is 47.0. The van der Waals surface area contributed by atoms with Crippen molar-refractivity contribution in [2.24, 2.45) is 5.10 Å². The molecule has 1 fully saturated rings. The molecule has 1 saturated heterocycles. The fourth-order valence-electron chi connectivity index (χ4n) is 9.49. The number of carbonyl (C=O) groups is 3. The molecule has 2 heterocycles. The summed E-state index contributed by atoms with van der Waals surface area (Å²) in [6.07, 6.45) is 12.2. The molecular formula is C68H73N3O11S. The van der Waals surface area contributed by atoms with Gasteiger partial charge in [0.1, 0.15) is 23.9 Å². The van der Waals surface area contributed by atoms with Gasteiger partial charge in [0.25, 0.3) is 0 Å².